The zero-order valence-electron chi connectivity index (χ0n) is 11.4. The van der Waals surface area contributed by atoms with Crippen LogP contribution in [0.25, 0.3) is 0 Å². The molecule has 0 heterocycles. The molecule has 0 aromatic carbocycles. The molecule has 0 radical (unpaired) electrons. The minimum absolute atomic E-state index is 0.553. The minimum Gasteiger partial charge on any atom is -0.103 e. The van der Waals surface area contributed by atoms with E-state index in [-0.39, 0.29) is 0 Å². The largest absolute Gasteiger partial charge is 0.103 e. The highest BCUT2D eigenvalue weighted by molar-refractivity contribution is 5.12. The van der Waals surface area contributed by atoms with Crippen LogP contribution >= 0.6 is 0 Å². The topological polar surface area (TPSA) is 0 Å². The molecule has 0 nitrogen and oxygen atoms in total. The summed E-state index contributed by atoms with van der Waals surface area (Å²) in [6.07, 6.45) is 3.55. The Labute approximate surface area is 92.4 Å². The number of rotatable bonds is 2. The van der Waals surface area contributed by atoms with Crippen LogP contribution in [-0.4, -0.2) is 0 Å². The summed E-state index contributed by atoms with van der Waals surface area (Å²) in [5.41, 5.74) is 1.11. The van der Waals surface area contributed by atoms with Crippen LogP contribution < -0.4 is 0 Å². The molecule has 0 aliphatic rings. The average Bonchev–Trinajstić information content (AvgIpc) is 2.23. The van der Waals surface area contributed by atoms with Crippen molar-refractivity contribution in [3.05, 3.63) is 37.5 Å². The summed E-state index contributed by atoms with van der Waals surface area (Å²) >= 11 is 0. The molecule has 0 fully saturated rings. The van der Waals surface area contributed by atoms with E-state index in [4.69, 9.17) is 0 Å². The maximum absolute atomic E-state index is 3.75. The second-order valence-electron chi connectivity index (χ2n) is 2.34. The van der Waals surface area contributed by atoms with Gasteiger partial charge in [-0.25, -0.2) is 0 Å². The molecule has 0 spiro atoms. The summed E-state index contributed by atoms with van der Waals surface area (Å²) in [4.78, 5) is 0. The molecule has 0 atom stereocenters. The Morgan fingerprint density at radius 3 is 1.21 bits per heavy atom. The molecule has 0 amide bonds. The average molecular weight is 198 g/mol. The first-order valence-electron chi connectivity index (χ1n) is 5.48. The van der Waals surface area contributed by atoms with E-state index < -0.39 is 0 Å². The Hall–Kier alpha value is -0.780. The number of hydrogen-bond acceptors (Lipinski definition) is 0. The molecule has 0 aliphatic carbocycles. The van der Waals surface area contributed by atoms with Crippen molar-refractivity contribution >= 4 is 0 Å². The zero-order chi connectivity index (χ0) is 12.6. The lowest BCUT2D eigenvalue weighted by Crippen LogP contribution is -1.85. The molecular weight excluding hydrogens is 168 g/mol. The maximum atomic E-state index is 3.75. The van der Waals surface area contributed by atoms with E-state index in [0.29, 0.717) is 5.92 Å². The second kappa shape index (κ2) is 29.5. The van der Waals surface area contributed by atoms with Gasteiger partial charge in [0.1, 0.15) is 0 Å². The standard InChI is InChI=1S/C7H12.C3H6.2C2H6/c1-5-7(4)6(2)3;1-3-2;2*1-2/h5-6H,1,4H2,2-3H3;3H,1H2,2H3;2*1-2H3. The van der Waals surface area contributed by atoms with E-state index in [1.165, 1.54) is 0 Å². The number of allylic oxidation sites excluding steroid dienone is 3. The first kappa shape index (κ1) is 23.2. The Balaban J connectivity index is -0.0000000603. The summed E-state index contributed by atoms with van der Waals surface area (Å²) in [6.45, 7) is 24.8. The van der Waals surface area contributed by atoms with Crippen molar-refractivity contribution in [1.29, 1.82) is 0 Å². The molecule has 0 heteroatoms. The quantitative estimate of drug-likeness (QED) is 0.398. The van der Waals surface area contributed by atoms with Crippen molar-refractivity contribution in [2.24, 2.45) is 5.92 Å². The SMILES string of the molecule is C=CC.C=CC(=C)C(C)C.CC.CC. The van der Waals surface area contributed by atoms with Crippen LogP contribution in [0.4, 0.5) is 0 Å². The third-order valence-electron chi connectivity index (χ3n) is 1.00. The predicted octanol–water partition coefficient (Wildman–Crippen LogP) is 5.63. The second-order valence-corrected chi connectivity index (χ2v) is 2.34. The van der Waals surface area contributed by atoms with Gasteiger partial charge < -0.3 is 0 Å². The van der Waals surface area contributed by atoms with Crippen molar-refractivity contribution in [2.45, 2.75) is 48.5 Å². The van der Waals surface area contributed by atoms with Gasteiger partial charge in [0, 0.05) is 0 Å². The van der Waals surface area contributed by atoms with E-state index in [0.717, 1.165) is 5.57 Å². The van der Waals surface area contributed by atoms with Crippen LogP contribution in [-0.2, 0) is 0 Å². The van der Waals surface area contributed by atoms with Crippen molar-refractivity contribution in [2.75, 3.05) is 0 Å². The molecule has 0 unspecified atom stereocenters. The van der Waals surface area contributed by atoms with Gasteiger partial charge in [-0.15, -0.1) is 6.58 Å². The lowest BCUT2D eigenvalue weighted by molar-refractivity contribution is 0.796. The van der Waals surface area contributed by atoms with Gasteiger partial charge in [-0.05, 0) is 12.8 Å². The van der Waals surface area contributed by atoms with Gasteiger partial charge in [-0.3, -0.25) is 0 Å². The first-order chi connectivity index (χ1) is 6.59. The van der Waals surface area contributed by atoms with Crippen LogP contribution in [0, 0.1) is 5.92 Å². The molecule has 14 heavy (non-hydrogen) atoms. The van der Waals surface area contributed by atoms with Crippen molar-refractivity contribution in [1.82, 2.24) is 0 Å². The van der Waals surface area contributed by atoms with E-state index in [2.05, 4.69) is 33.6 Å². The lowest BCUT2D eigenvalue weighted by Gasteiger charge is -1.99. The molecular formula is C14H30. The monoisotopic (exact) mass is 198 g/mol. The van der Waals surface area contributed by atoms with Gasteiger partial charge in [0.15, 0.2) is 0 Å². The fourth-order valence-electron chi connectivity index (χ4n) is 0.236. The van der Waals surface area contributed by atoms with Crippen LogP contribution in [0.15, 0.2) is 37.5 Å². The number of hydrogen-bond donors (Lipinski definition) is 0. The highest BCUT2D eigenvalue weighted by atomic mass is 14.0. The van der Waals surface area contributed by atoms with Crippen LogP contribution in [0.5, 0.6) is 0 Å². The third kappa shape index (κ3) is 43.0. The molecule has 0 aliphatic heterocycles. The van der Waals surface area contributed by atoms with Crippen molar-refractivity contribution in [3.8, 4) is 0 Å². The molecule has 0 N–H and O–H groups in total. The molecule has 0 bridgehead atoms. The maximum Gasteiger partial charge on any atom is -0.0225 e. The minimum atomic E-state index is 0.553. The fourth-order valence-corrected chi connectivity index (χ4v) is 0.236. The van der Waals surface area contributed by atoms with E-state index in [1.54, 1.807) is 12.2 Å². The summed E-state index contributed by atoms with van der Waals surface area (Å²) < 4.78 is 0. The zero-order valence-corrected chi connectivity index (χ0v) is 11.4. The predicted molar refractivity (Wildman–Crippen MR) is 72.7 cm³/mol. The van der Waals surface area contributed by atoms with E-state index in [9.17, 15) is 0 Å². The summed E-state index contributed by atoms with van der Waals surface area (Å²) in [7, 11) is 0. The summed E-state index contributed by atoms with van der Waals surface area (Å²) in [6, 6.07) is 0. The van der Waals surface area contributed by atoms with Crippen LogP contribution in [0.1, 0.15) is 48.5 Å². The Bertz CT molecular complexity index is 107. The van der Waals surface area contributed by atoms with E-state index >= 15 is 0 Å². The molecule has 0 aromatic rings. The van der Waals surface area contributed by atoms with Crippen LogP contribution in [0.3, 0.4) is 0 Å². The molecule has 86 valence electrons. The molecule has 0 rings (SSSR count). The van der Waals surface area contributed by atoms with Gasteiger partial charge in [-0.2, -0.15) is 0 Å². The van der Waals surface area contributed by atoms with Gasteiger partial charge in [0.2, 0.25) is 0 Å². The van der Waals surface area contributed by atoms with Crippen LogP contribution in [0.2, 0.25) is 0 Å². The van der Waals surface area contributed by atoms with Crippen molar-refractivity contribution < 1.29 is 0 Å². The Kier molecular flexibility index (Phi) is 49.0. The smallest absolute Gasteiger partial charge is 0.0225 e. The Morgan fingerprint density at radius 1 is 1.00 bits per heavy atom. The summed E-state index contributed by atoms with van der Waals surface area (Å²) in [5, 5.41) is 0. The third-order valence-corrected chi connectivity index (χ3v) is 1.00. The van der Waals surface area contributed by atoms with Gasteiger partial charge >= 0.3 is 0 Å². The van der Waals surface area contributed by atoms with E-state index in [1.807, 2.05) is 34.6 Å². The molecule has 0 aromatic heterocycles. The molecule has 0 saturated carbocycles. The Morgan fingerprint density at radius 2 is 1.21 bits per heavy atom. The highest BCUT2D eigenvalue weighted by Crippen LogP contribution is 2.05. The highest BCUT2D eigenvalue weighted by Gasteiger charge is 1.90. The van der Waals surface area contributed by atoms with Gasteiger partial charge in [0.05, 0.1) is 0 Å². The molecule has 0 saturated heterocycles. The van der Waals surface area contributed by atoms with Gasteiger partial charge in [-0.1, -0.05) is 72.4 Å². The van der Waals surface area contributed by atoms with Crippen molar-refractivity contribution in [3.63, 3.8) is 0 Å². The fraction of sp³-hybridized carbons (Fsp3) is 0.571. The van der Waals surface area contributed by atoms with Gasteiger partial charge in [0.25, 0.3) is 0 Å². The summed E-state index contributed by atoms with van der Waals surface area (Å²) in [5.74, 6) is 0.553. The first-order valence-corrected chi connectivity index (χ1v) is 5.48. The normalized spacial score (nSPS) is 6.29. The lowest BCUT2D eigenvalue weighted by atomic mass is 10.1.